The highest BCUT2D eigenvalue weighted by Gasteiger charge is 2.29. The minimum absolute atomic E-state index is 0.0260. The molecule has 0 aliphatic heterocycles. The summed E-state index contributed by atoms with van der Waals surface area (Å²) in [6.07, 6.45) is 3.32. The molecule has 2 heterocycles. The summed E-state index contributed by atoms with van der Waals surface area (Å²) < 4.78 is 0. The number of nitrogens with zero attached hydrogens (tertiary/aromatic N) is 2. The quantitative estimate of drug-likeness (QED) is 0.633. The summed E-state index contributed by atoms with van der Waals surface area (Å²) in [6.45, 7) is 7.48. The van der Waals surface area contributed by atoms with E-state index in [9.17, 15) is 5.11 Å². The summed E-state index contributed by atoms with van der Waals surface area (Å²) in [5, 5.41) is 18.5. The number of fused-ring (bicyclic) bond motifs is 2. The molecule has 0 atom stereocenters. The second-order valence-corrected chi connectivity index (χ2v) is 7.82. The molecule has 4 rings (SSSR count). The molecule has 2 aromatic heterocycles. The maximum Gasteiger partial charge on any atom is 0.115 e. The van der Waals surface area contributed by atoms with Gasteiger partial charge in [0.25, 0.3) is 0 Å². The first-order chi connectivity index (χ1) is 12.0. The van der Waals surface area contributed by atoms with Crippen molar-refractivity contribution in [2.45, 2.75) is 40.0 Å². The Morgan fingerprint density at radius 1 is 1.28 bits per heavy atom. The van der Waals surface area contributed by atoms with Crippen LogP contribution < -0.4 is 4.90 Å². The van der Waals surface area contributed by atoms with E-state index in [1.54, 1.807) is 0 Å². The van der Waals surface area contributed by atoms with Gasteiger partial charge in [-0.2, -0.15) is 5.10 Å². The van der Waals surface area contributed by atoms with Crippen molar-refractivity contribution in [1.82, 2.24) is 15.2 Å². The van der Waals surface area contributed by atoms with Crippen LogP contribution in [-0.4, -0.2) is 33.6 Å². The van der Waals surface area contributed by atoms with Gasteiger partial charge in [0.05, 0.1) is 5.69 Å². The zero-order chi connectivity index (χ0) is 17.6. The van der Waals surface area contributed by atoms with Crippen molar-refractivity contribution in [3.05, 3.63) is 35.5 Å². The average molecular weight is 338 g/mol. The zero-order valence-electron chi connectivity index (χ0n) is 15.2. The van der Waals surface area contributed by atoms with Gasteiger partial charge in [0.15, 0.2) is 0 Å². The fraction of sp³-hybridized carbons (Fsp3) is 0.450. The Morgan fingerprint density at radius 2 is 2.12 bits per heavy atom. The van der Waals surface area contributed by atoms with Crippen LogP contribution >= 0.6 is 0 Å². The first-order valence-electron chi connectivity index (χ1n) is 9.06. The predicted molar refractivity (Wildman–Crippen MR) is 102 cm³/mol. The van der Waals surface area contributed by atoms with E-state index in [0.717, 1.165) is 42.0 Å². The number of aliphatic hydroxyl groups excluding tert-OH is 1. The molecule has 0 saturated carbocycles. The molecule has 132 valence electrons. The third-order valence-corrected chi connectivity index (χ3v) is 5.44. The van der Waals surface area contributed by atoms with Crippen molar-refractivity contribution < 1.29 is 5.11 Å². The Bertz CT molecular complexity index is 902. The summed E-state index contributed by atoms with van der Waals surface area (Å²) in [5.74, 6) is 0. The summed E-state index contributed by atoms with van der Waals surface area (Å²) >= 11 is 0. The molecule has 1 aromatic carbocycles. The second kappa shape index (κ2) is 5.92. The molecule has 0 radical (unpaired) electrons. The first-order valence-corrected chi connectivity index (χ1v) is 9.06. The van der Waals surface area contributed by atoms with Crippen LogP contribution in [0, 0.1) is 5.41 Å². The number of aromatic nitrogens is 3. The zero-order valence-corrected chi connectivity index (χ0v) is 15.2. The highest BCUT2D eigenvalue weighted by Crippen LogP contribution is 2.38. The number of benzene rings is 1. The number of H-pyrrole nitrogens is 2. The van der Waals surface area contributed by atoms with Crippen molar-refractivity contribution in [3.63, 3.8) is 0 Å². The molecule has 0 unspecified atom stereocenters. The standard InChI is InChI=1S/C20H26N4O/c1-4-24(12-25)14-6-5-13-9-17(21-16(13)10-14)19-15-7-8-20(2,3)11-18(15)22-23-19/h5-6,9-10,21,25H,4,7-8,11-12H2,1-3H3,(H,22,23). The second-order valence-electron chi connectivity index (χ2n) is 7.82. The van der Waals surface area contributed by atoms with E-state index in [1.807, 2.05) is 11.8 Å². The van der Waals surface area contributed by atoms with Gasteiger partial charge in [0.1, 0.15) is 12.4 Å². The van der Waals surface area contributed by atoms with Crippen molar-refractivity contribution in [3.8, 4) is 11.4 Å². The minimum Gasteiger partial charge on any atom is -0.376 e. The molecule has 0 fully saturated rings. The van der Waals surface area contributed by atoms with Gasteiger partial charge in [0, 0.05) is 34.4 Å². The monoisotopic (exact) mass is 338 g/mol. The van der Waals surface area contributed by atoms with Gasteiger partial charge in [-0.05, 0) is 49.8 Å². The van der Waals surface area contributed by atoms with Gasteiger partial charge in [-0.3, -0.25) is 5.10 Å². The Labute approximate surface area is 148 Å². The Balaban J connectivity index is 1.72. The number of hydrogen-bond donors (Lipinski definition) is 3. The van der Waals surface area contributed by atoms with E-state index in [-0.39, 0.29) is 6.73 Å². The highest BCUT2D eigenvalue weighted by atomic mass is 16.3. The lowest BCUT2D eigenvalue weighted by Crippen LogP contribution is -2.23. The normalized spacial score (nSPS) is 16.2. The van der Waals surface area contributed by atoms with Gasteiger partial charge in [-0.25, -0.2) is 0 Å². The third kappa shape index (κ3) is 2.82. The van der Waals surface area contributed by atoms with Crippen LogP contribution in [0.4, 0.5) is 5.69 Å². The van der Waals surface area contributed by atoms with Gasteiger partial charge in [-0.1, -0.05) is 19.9 Å². The third-order valence-electron chi connectivity index (χ3n) is 5.44. The van der Waals surface area contributed by atoms with E-state index in [1.165, 1.54) is 23.1 Å². The Kier molecular flexibility index (Phi) is 3.84. The number of aromatic amines is 2. The number of rotatable bonds is 4. The van der Waals surface area contributed by atoms with Gasteiger partial charge in [0.2, 0.25) is 0 Å². The molecule has 0 spiro atoms. The van der Waals surface area contributed by atoms with Crippen LogP contribution in [0.2, 0.25) is 0 Å². The lowest BCUT2D eigenvalue weighted by molar-refractivity contribution is 0.293. The number of aliphatic hydroxyl groups is 1. The molecule has 1 aliphatic carbocycles. The van der Waals surface area contributed by atoms with E-state index >= 15 is 0 Å². The topological polar surface area (TPSA) is 67.9 Å². The molecule has 3 N–H and O–H groups in total. The van der Waals surface area contributed by atoms with E-state index in [0.29, 0.717) is 5.41 Å². The molecular weight excluding hydrogens is 312 g/mol. The van der Waals surface area contributed by atoms with Gasteiger partial charge < -0.3 is 15.0 Å². The molecule has 3 aromatic rings. The van der Waals surface area contributed by atoms with Crippen LogP contribution in [0.15, 0.2) is 24.3 Å². The van der Waals surface area contributed by atoms with Crippen molar-refractivity contribution in [2.24, 2.45) is 5.41 Å². The molecule has 0 amide bonds. The smallest absolute Gasteiger partial charge is 0.115 e. The summed E-state index contributed by atoms with van der Waals surface area (Å²) in [5.41, 5.74) is 7.21. The van der Waals surface area contributed by atoms with Crippen LogP contribution in [0.5, 0.6) is 0 Å². The average Bonchev–Trinajstić information content (AvgIpc) is 3.17. The Hall–Kier alpha value is -2.27. The van der Waals surface area contributed by atoms with Gasteiger partial charge >= 0.3 is 0 Å². The van der Waals surface area contributed by atoms with Crippen LogP contribution in [0.3, 0.4) is 0 Å². The molecule has 5 heteroatoms. The molecule has 0 saturated heterocycles. The maximum atomic E-state index is 9.48. The van der Waals surface area contributed by atoms with E-state index < -0.39 is 0 Å². The lowest BCUT2D eigenvalue weighted by atomic mass is 9.76. The summed E-state index contributed by atoms with van der Waals surface area (Å²) in [6, 6.07) is 8.43. The largest absolute Gasteiger partial charge is 0.376 e. The molecular formula is C20H26N4O. The fourth-order valence-corrected chi connectivity index (χ4v) is 3.87. The minimum atomic E-state index is 0.0260. The molecule has 5 nitrogen and oxygen atoms in total. The predicted octanol–water partition coefficient (Wildman–Crippen LogP) is 3.85. The number of nitrogens with one attached hydrogen (secondary N) is 2. The summed E-state index contributed by atoms with van der Waals surface area (Å²) in [7, 11) is 0. The van der Waals surface area contributed by atoms with Crippen molar-refractivity contribution >= 4 is 16.6 Å². The van der Waals surface area contributed by atoms with Crippen LogP contribution in [-0.2, 0) is 12.8 Å². The van der Waals surface area contributed by atoms with E-state index in [4.69, 9.17) is 0 Å². The number of hydrogen-bond acceptors (Lipinski definition) is 3. The first kappa shape index (κ1) is 16.2. The van der Waals surface area contributed by atoms with Crippen molar-refractivity contribution in [2.75, 3.05) is 18.2 Å². The molecule has 25 heavy (non-hydrogen) atoms. The Morgan fingerprint density at radius 3 is 2.88 bits per heavy atom. The number of anilines is 1. The summed E-state index contributed by atoms with van der Waals surface area (Å²) in [4.78, 5) is 5.45. The van der Waals surface area contributed by atoms with Gasteiger partial charge in [-0.15, -0.1) is 0 Å². The SMILES string of the molecule is CCN(CO)c1ccc2cc(-c3n[nH]c4c3CCC(C)(C)C4)[nH]c2c1. The van der Waals surface area contributed by atoms with E-state index in [2.05, 4.69) is 53.3 Å². The van der Waals surface area contributed by atoms with Crippen LogP contribution in [0.25, 0.3) is 22.3 Å². The fourth-order valence-electron chi connectivity index (χ4n) is 3.87. The molecule has 1 aliphatic rings. The highest BCUT2D eigenvalue weighted by molar-refractivity contribution is 5.88. The molecule has 0 bridgehead atoms. The van der Waals surface area contributed by atoms with Crippen LogP contribution in [0.1, 0.15) is 38.4 Å². The lowest BCUT2D eigenvalue weighted by Gasteiger charge is -2.28. The maximum absolute atomic E-state index is 9.48. The van der Waals surface area contributed by atoms with Crippen molar-refractivity contribution in [1.29, 1.82) is 0 Å².